The second-order valence-electron chi connectivity index (χ2n) is 5.72. The predicted octanol–water partition coefficient (Wildman–Crippen LogP) is 2.57. The Morgan fingerprint density at radius 2 is 2.10 bits per heavy atom. The smallest absolute Gasteiger partial charge is 0.153 e. The highest BCUT2D eigenvalue weighted by molar-refractivity contribution is 7.92. The molecule has 1 aromatic carbocycles. The molecule has 0 spiro atoms. The van der Waals surface area contributed by atoms with Gasteiger partial charge in [0.05, 0.1) is 11.0 Å². The third-order valence-corrected chi connectivity index (χ3v) is 6.34. The number of halogens is 1. The lowest BCUT2D eigenvalue weighted by atomic mass is 9.93. The van der Waals surface area contributed by atoms with Gasteiger partial charge in [-0.3, -0.25) is 4.90 Å². The monoisotopic (exact) mass is 299 g/mol. The molecule has 0 aliphatic carbocycles. The summed E-state index contributed by atoms with van der Waals surface area (Å²) in [5.74, 6) is -0.0631. The average Bonchev–Trinajstić information content (AvgIpc) is 2.38. The van der Waals surface area contributed by atoms with Crippen LogP contribution in [-0.2, 0) is 16.3 Å². The van der Waals surface area contributed by atoms with E-state index in [-0.39, 0.29) is 22.9 Å². The van der Waals surface area contributed by atoms with Crippen molar-refractivity contribution in [2.24, 2.45) is 0 Å². The third-order valence-electron chi connectivity index (χ3n) is 4.16. The van der Waals surface area contributed by atoms with Crippen LogP contribution in [0.4, 0.5) is 4.39 Å². The van der Waals surface area contributed by atoms with Crippen LogP contribution >= 0.6 is 0 Å². The zero-order valence-electron chi connectivity index (χ0n) is 12.3. The molecule has 20 heavy (non-hydrogen) atoms. The minimum atomic E-state index is -3.02. The highest BCUT2D eigenvalue weighted by Crippen LogP contribution is 2.29. The van der Waals surface area contributed by atoms with Gasteiger partial charge in [-0.2, -0.15) is 0 Å². The topological polar surface area (TPSA) is 37.4 Å². The first-order chi connectivity index (χ1) is 9.31. The molecule has 0 saturated heterocycles. The lowest BCUT2D eigenvalue weighted by molar-refractivity contribution is 0.210. The minimum Gasteiger partial charge on any atom is -0.295 e. The van der Waals surface area contributed by atoms with E-state index in [1.165, 1.54) is 11.6 Å². The van der Waals surface area contributed by atoms with E-state index in [9.17, 15) is 12.8 Å². The van der Waals surface area contributed by atoms with Gasteiger partial charge in [-0.05, 0) is 50.5 Å². The Kier molecular flexibility index (Phi) is 4.49. The van der Waals surface area contributed by atoms with E-state index in [4.69, 9.17) is 0 Å². The molecule has 1 aliphatic rings. The van der Waals surface area contributed by atoms with Crippen LogP contribution in [0.5, 0.6) is 0 Å². The van der Waals surface area contributed by atoms with Crippen molar-refractivity contribution in [3.63, 3.8) is 0 Å². The van der Waals surface area contributed by atoms with Crippen molar-refractivity contribution in [3.8, 4) is 0 Å². The van der Waals surface area contributed by atoms with Crippen LogP contribution in [0, 0.1) is 5.82 Å². The van der Waals surface area contributed by atoms with Crippen molar-refractivity contribution < 1.29 is 12.8 Å². The molecule has 0 saturated carbocycles. The minimum absolute atomic E-state index is 0.0665. The molecule has 0 bridgehead atoms. The van der Waals surface area contributed by atoms with Gasteiger partial charge in [0.1, 0.15) is 5.82 Å². The number of hydrogen-bond acceptors (Lipinski definition) is 3. The summed E-state index contributed by atoms with van der Waals surface area (Å²) in [5.41, 5.74) is 2.15. The molecular formula is C15H22FNO2S. The van der Waals surface area contributed by atoms with Crippen molar-refractivity contribution in [3.05, 3.63) is 35.1 Å². The summed E-state index contributed by atoms with van der Waals surface area (Å²) in [6, 6.07) is 4.97. The van der Waals surface area contributed by atoms with Crippen LogP contribution < -0.4 is 0 Å². The molecule has 0 amide bonds. The van der Waals surface area contributed by atoms with Crippen molar-refractivity contribution in [2.75, 3.05) is 18.8 Å². The van der Waals surface area contributed by atoms with Gasteiger partial charge < -0.3 is 0 Å². The standard InChI is InChI=1S/C15H22FNO2S/c1-11(2)20(18,19)9-8-17-7-6-13-4-5-14(16)10-15(13)12(17)3/h4-5,10-12H,6-9H2,1-3H3/t12-/m1/s1. The number of benzene rings is 1. The molecule has 1 atom stereocenters. The summed E-state index contributed by atoms with van der Waals surface area (Å²) in [7, 11) is -3.02. The van der Waals surface area contributed by atoms with Crippen LogP contribution in [-0.4, -0.2) is 37.4 Å². The number of fused-ring (bicyclic) bond motifs is 1. The van der Waals surface area contributed by atoms with Crippen LogP contribution in [0.3, 0.4) is 0 Å². The molecule has 0 fully saturated rings. The Labute approximate surface area is 120 Å². The molecule has 0 N–H and O–H groups in total. The van der Waals surface area contributed by atoms with Crippen molar-refractivity contribution in [1.82, 2.24) is 4.90 Å². The summed E-state index contributed by atoms with van der Waals surface area (Å²) < 4.78 is 37.1. The zero-order valence-corrected chi connectivity index (χ0v) is 13.1. The van der Waals surface area contributed by atoms with Crippen molar-refractivity contribution >= 4 is 9.84 Å². The number of sulfone groups is 1. The normalized spacial score (nSPS) is 20.1. The van der Waals surface area contributed by atoms with Crippen molar-refractivity contribution in [2.45, 2.75) is 38.5 Å². The Balaban J connectivity index is 2.10. The lowest BCUT2D eigenvalue weighted by Crippen LogP contribution is -2.38. The van der Waals surface area contributed by atoms with Gasteiger partial charge in [-0.25, -0.2) is 12.8 Å². The Morgan fingerprint density at radius 3 is 2.75 bits per heavy atom. The second kappa shape index (κ2) is 5.82. The van der Waals surface area contributed by atoms with Crippen LogP contribution in [0.1, 0.15) is 37.9 Å². The third kappa shape index (κ3) is 3.20. The van der Waals surface area contributed by atoms with E-state index in [0.29, 0.717) is 6.54 Å². The zero-order chi connectivity index (χ0) is 14.9. The van der Waals surface area contributed by atoms with E-state index in [2.05, 4.69) is 4.90 Å². The SMILES string of the molecule is CC(C)S(=O)(=O)CCN1CCc2ccc(F)cc2[C@H]1C. The first kappa shape index (κ1) is 15.4. The predicted molar refractivity (Wildman–Crippen MR) is 79.0 cm³/mol. The maximum absolute atomic E-state index is 13.4. The van der Waals surface area contributed by atoms with E-state index in [0.717, 1.165) is 18.5 Å². The summed E-state index contributed by atoms with van der Waals surface area (Å²) in [6.07, 6.45) is 0.849. The summed E-state index contributed by atoms with van der Waals surface area (Å²) >= 11 is 0. The molecule has 5 heteroatoms. The van der Waals surface area contributed by atoms with Gasteiger partial charge in [0.25, 0.3) is 0 Å². The van der Waals surface area contributed by atoms with Gasteiger partial charge in [0, 0.05) is 19.1 Å². The van der Waals surface area contributed by atoms with Gasteiger partial charge in [-0.15, -0.1) is 0 Å². The fraction of sp³-hybridized carbons (Fsp3) is 0.600. The first-order valence-electron chi connectivity index (χ1n) is 7.05. The maximum atomic E-state index is 13.4. The molecule has 0 unspecified atom stereocenters. The average molecular weight is 299 g/mol. The number of rotatable bonds is 4. The molecule has 1 aliphatic heterocycles. The van der Waals surface area contributed by atoms with E-state index in [1.807, 2.05) is 13.0 Å². The highest BCUT2D eigenvalue weighted by Gasteiger charge is 2.26. The van der Waals surface area contributed by atoms with Crippen LogP contribution in [0.25, 0.3) is 0 Å². The number of nitrogens with zero attached hydrogens (tertiary/aromatic N) is 1. The quantitative estimate of drug-likeness (QED) is 0.857. The van der Waals surface area contributed by atoms with Gasteiger partial charge in [0.2, 0.25) is 0 Å². The summed E-state index contributed by atoms with van der Waals surface area (Å²) in [4.78, 5) is 2.13. The molecule has 1 aromatic rings. The highest BCUT2D eigenvalue weighted by atomic mass is 32.2. The molecule has 112 valence electrons. The largest absolute Gasteiger partial charge is 0.295 e. The Bertz CT molecular complexity index is 584. The molecule has 2 rings (SSSR count). The van der Waals surface area contributed by atoms with E-state index in [1.54, 1.807) is 19.9 Å². The lowest BCUT2D eigenvalue weighted by Gasteiger charge is -2.35. The van der Waals surface area contributed by atoms with Crippen molar-refractivity contribution in [1.29, 1.82) is 0 Å². The Hall–Kier alpha value is -0.940. The van der Waals surface area contributed by atoms with E-state index < -0.39 is 9.84 Å². The summed E-state index contributed by atoms with van der Waals surface area (Å²) in [5, 5.41) is -0.340. The summed E-state index contributed by atoms with van der Waals surface area (Å²) in [6.45, 7) is 6.77. The number of hydrogen-bond donors (Lipinski definition) is 0. The molecule has 0 aromatic heterocycles. The van der Waals surface area contributed by atoms with E-state index >= 15 is 0 Å². The van der Waals surface area contributed by atoms with Crippen LogP contribution in [0.15, 0.2) is 18.2 Å². The fourth-order valence-electron chi connectivity index (χ4n) is 2.62. The Morgan fingerprint density at radius 1 is 1.40 bits per heavy atom. The van der Waals surface area contributed by atoms with Crippen LogP contribution in [0.2, 0.25) is 0 Å². The second-order valence-corrected chi connectivity index (χ2v) is 8.40. The first-order valence-corrected chi connectivity index (χ1v) is 8.77. The van der Waals surface area contributed by atoms with Gasteiger partial charge in [-0.1, -0.05) is 6.07 Å². The maximum Gasteiger partial charge on any atom is 0.153 e. The van der Waals surface area contributed by atoms with Gasteiger partial charge in [0.15, 0.2) is 9.84 Å². The molecule has 1 heterocycles. The fourth-order valence-corrected chi connectivity index (χ4v) is 3.58. The molecular weight excluding hydrogens is 277 g/mol. The van der Waals surface area contributed by atoms with Gasteiger partial charge >= 0.3 is 0 Å². The molecule has 3 nitrogen and oxygen atoms in total. The molecule has 0 radical (unpaired) electrons.